The zero-order chi connectivity index (χ0) is 18.9. The summed E-state index contributed by atoms with van der Waals surface area (Å²) >= 11 is 5.81. The molecule has 3 rings (SSSR count). The molecule has 3 N–H and O–H groups in total. The predicted octanol–water partition coefficient (Wildman–Crippen LogP) is 3.42. The minimum Gasteiger partial charge on any atom is -0.357 e. The standard InChI is InChI=1S/C20H23ClN6/c1-2-22-20(23-11-10-15-8-9-18(21)24-12-15)26-14-19-25-13-17(27-19)16-6-4-3-5-7-16/h3-9,12-13H,2,10-11,14H2,1H3,(H,25,27)(H2,22,23,26). The van der Waals surface area contributed by atoms with E-state index in [4.69, 9.17) is 11.6 Å². The molecule has 0 spiro atoms. The van der Waals surface area contributed by atoms with Crippen molar-refractivity contribution < 1.29 is 0 Å². The van der Waals surface area contributed by atoms with Crippen LogP contribution in [0.3, 0.4) is 0 Å². The summed E-state index contributed by atoms with van der Waals surface area (Å²) in [5, 5.41) is 7.09. The van der Waals surface area contributed by atoms with Crippen LogP contribution in [0, 0.1) is 0 Å². The van der Waals surface area contributed by atoms with Crippen molar-refractivity contribution in [1.82, 2.24) is 25.6 Å². The molecule has 140 valence electrons. The molecule has 0 saturated heterocycles. The molecular formula is C20H23ClN6. The van der Waals surface area contributed by atoms with Gasteiger partial charge in [0.1, 0.15) is 17.5 Å². The minimum atomic E-state index is 0.477. The highest BCUT2D eigenvalue weighted by Gasteiger charge is 2.03. The normalized spacial score (nSPS) is 11.4. The maximum atomic E-state index is 5.81. The van der Waals surface area contributed by atoms with Crippen LogP contribution in [0.5, 0.6) is 0 Å². The van der Waals surface area contributed by atoms with Gasteiger partial charge in [-0.2, -0.15) is 0 Å². The molecule has 0 aliphatic rings. The first-order chi connectivity index (χ1) is 13.2. The van der Waals surface area contributed by atoms with Crippen LogP contribution in [0.4, 0.5) is 0 Å². The fraction of sp³-hybridized carbons (Fsp3) is 0.250. The Morgan fingerprint density at radius 2 is 1.93 bits per heavy atom. The average Bonchev–Trinajstić information content (AvgIpc) is 3.17. The van der Waals surface area contributed by atoms with Crippen LogP contribution in [-0.4, -0.2) is 34.0 Å². The van der Waals surface area contributed by atoms with E-state index >= 15 is 0 Å². The first-order valence-corrected chi connectivity index (χ1v) is 9.34. The van der Waals surface area contributed by atoms with E-state index in [1.54, 1.807) is 12.3 Å². The van der Waals surface area contributed by atoms with E-state index in [0.29, 0.717) is 11.7 Å². The molecule has 0 saturated carbocycles. The highest BCUT2D eigenvalue weighted by molar-refractivity contribution is 6.29. The van der Waals surface area contributed by atoms with Crippen LogP contribution in [0.15, 0.2) is 59.9 Å². The Bertz CT molecular complexity index is 858. The van der Waals surface area contributed by atoms with Crippen LogP contribution in [0.1, 0.15) is 18.3 Å². The summed E-state index contributed by atoms with van der Waals surface area (Å²) in [6.07, 6.45) is 4.48. The summed E-state index contributed by atoms with van der Waals surface area (Å²) in [6.45, 7) is 4.07. The van der Waals surface area contributed by atoms with Gasteiger partial charge in [0.25, 0.3) is 0 Å². The first-order valence-electron chi connectivity index (χ1n) is 8.96. The fourth-order valence-electron chi connectivity index (χ4n) is 2.58. The van der Waals surface area contributed by atoms with Gasteiger partial charge in [-0.15, -0.1) is 0 Å². The fourth-order valence-corrected chi connectivity index (χ4v) is 2.69. The van der Waals surface area contributed by atoms with Crippen molar-refractivity contribution in [2.45, 2.75) is 19.9 Å². The van der Waals surface area contributed by atoms with Gasteiger partial charge >= 0.3 is 0 Å². The molecule has 0 bridgehead atoms. The molecule has 7 heteroatoms. The lowest BCUT2D eigenvalue weighted by atomic mass is 10.2. The third kappa shape index (κ3) is 5.82. The maximum absolute atomic E-state index is 5.81. The Labute approximate surface area is 164 Å². The summed E-state index contributed by atoms with van der Waals surface area (Å²) < 4.78 is 0. The van der Waals surface area contributed by atoms with E-state index in [9.17, 15) is 0 Å². The molecule has 2 heterocycles. The van der Waals surface area contributed by atoms with Gasteiger partial charge in [0.15, 0.2) is 5.96 Å². The molecule has 3 aromatic rings. The highest BCUT2D eigenvalue weighted by atomic mass is 35.5. The molecule has 0 aliphatic carbocycles. The number of pyridine rings is 1. The number of rotatable bonds is 7. The second-order valence-corrected chi connectivity index (χ2v) is 6.36. The minimum absolute atomic E-state index is 0.477. The summed E-state index contributed by atoms with van der Waals surface area (Å²) in [6, 6.07) is 13.9. The average molecular weight is 383 g/mol. The maximum Gasteiger partial charge on any atom is 0.191 e. The number of guanidine groups is 1. The summed E-state index contributed by atoms with van der Waals surface area (Å²) in [5.74, 6) is 1.59. The van der Waals surface area contributed by atoms with Crippen molar-refractivity contribution >= 4 is 17.6 Å². The Balaban J connectivity index is 1.55. The lowest BCUT2D eigenvalue weighted by molar-refractivity contribution is 0.792. The van der Waals surface area contributed by atoms with E-state index in [-0.39, 0.29) is 0 Å². The molecule has 0 fully saturated rings. The van der Waals surface area contributed by atoms with E-state index < -0.39 is 0 Å². The zero-order valence-electron chi connectivity index (χ0n) is 15.2. The quantitative estimate of drug-likeness (QED) is 0.332. The van der Waals surface area contributed by atoms with Crippen LogP contribution in [-0.2, 0) is 13.0 Å². The van der Waals surface area contributed by atoms with E-state index in [2.05, 4.69) is 42.7 Å². The molecule has 0 amide bonds. The van der Waals surface area contributed by atoms with Gasteiger partial charge in [-0.25, -0.2) is 15.0 Å². The monoisotopic (exact) mass is 382 g/mol. The van der Waals surface area contributed by atoms with Gasteiger partial charge in [0, 0.05) is 19.3 Å². The van der Waals surface area contributed by atoms with Crippen LogP contribution >= 0.6 is 11.6 Å². The molecule has 6 nitrogen and oxygen atoms in total. The number of halogens is 1. The first kappa shape index (κ1) is 18.9. The van der Waals surface area contributed by atoms with Crippen LogP contribution < -0.4 is 10.6 Å². The number of benzene rings is 1. The zero-order valence-corrected chi connectivity index (χ0v) is 16.0. The summed E-state index contributed by atoms with van der Waals surface area (Å²) in [7, 11) is 0. The van der Waals surface area contributed by atoms with Crippen molar-refractivity contribution in [1.29, 1.82) is 0 Å². The Morgan fingerprint density at radius 1 is 1.07 bits per heavy atom. The molecule has 1 aromatic carbocycles. The van der Waals surface area contributed by atoms with Gasteiger partial charge in [0.05, 0.1) is 11.9 Å². The molecule has 0 radical (unpaired) electrons. The largest absolute Gasteiger partial charge is 0.357 e. The lowest BCUT2D eigenvalue weighted by Gasteiger charge is -2.11. The van der Waals surface area contributed by atoms with Gasteiger partial charge in [-0.1, -0.05) is 48.0 Å². The number of hydrogen-bond acceptors (Lipinski definition) is 3. The number of aliphatic imine (C=N–C) groups is 1. The van der Waals surface area contributed by atoms with E-state index in [0.717, 1.165) is 48.1 Å². The van der Waals surface area contributed by atoms with Gasteiger partial charge in [-0.05, 0) is 30.5 Å². The molecular weight excluding hydrogens is 360 g/mol. The SMILES string of the molecule is CCNC(=NCc1ncc(-c2ccccc2)[nH]1)NCCc1ccc(Cl)nc1. The van der Waals surface area contributed by atoms with Crippen LogP contribution in [0.2, 0.25) is 5.15 Å². The summed E-state index contributed by atoms with van der Waals surface area (Å²) in [4.78, 5) is 16.4. The van der Waals surface area contributed by atoms with Gasteiger partial charge in [0.2, 0.25) is 0 Å². The Morgan fingerprint density at radius 3 is 2.67 bits per heavy atom. The van der Waals surface area contributed by atoms with Crippen molar-refractivity contribution in [3.8, 4) is 11.3 Å². The number of nitrogens with one attached hydrogen (secondary N) is 3. The molecule has 27 heavy (non-hydrogen) atoms. The molecule has 0 unspecified atom stereocenters. The molecule has 0 atom stereocenters. The number of hydrogen-bond donors (Lipinski definition) is 3. The smallest absolute Gasteiger partial charge is 0.191 e. The predicted molar refractivity (Wildman–Crippen MR) is 110 cm³/mol. The molecule has 2 aromatic heterocycles. The van der Waals surface area contributed by atoms with E-state index in [1.165, 1.54) is 0 Å². The number of aromatic amines is 1. The van der Waals surface area contributed by atoms with Crippen molar-refractivity contribution in [3.63, 3.8) is 0 Å². The van der Waals surface area contributed by atoms with Crippen molar-refractivity contribution in [2.24, 2.45) is 4.99 Å². The molecule has 0 aliphatic heterocycles. The van der Waals surface area contributed by atoms with Crippen molar-refractivity contribution in [3.05, 3.63) is 71.4 Å². The second kappa shape index (κ2) is 9.73. The topological polar surface area (TPSA) is 78.0 Å². The third-order valence-electron chi connectivity index (χ3n) is 3.94. The Hall–Kier alpha value is -2.86. The van der Waals surface area contributed by atoms with Crippen molar-refractivity contribution in [2.75, 3.05) is 13.1 Å². The van der Waals surface area contributed by atoms with Crippen LogP contribution in [0.25, 0.3) is 11.3 Å². The second-order valence-electron chi connectivity index (χ2n) is 5.97. The lowest BCUT2D eigenvalue weighted by Crippen LogP contribution is -2.38. The Kier molecular flexibility index (Phi) is 6.82. The third-order valence-corrected chi connectivity index (χ3v) is 4.16. The highest BCUT2D eigenvalue weighted by Crippen LogP contribution is 2.16. The number of nitrogens with zero attached hydrogens (tertiary/aromatic N) is 3. The summed E-state index contributed by atoms with van der Waals surface area (Å²) in [5.41, 5.74) is 3.23. The van der Waals surface area contributed by atoms with Gasteiger partial charge in [-0.3, -0.25) is 0 Å². The number of imidazole rings is 1. The number of aromatic nitrogens is 3. The number of H-pyrrole nitrogens is 1. The van der Waals surface area contributed by atoms with Gasteiger partial charge < -0.3 is 15.6 Å². The van der Waals surface area contributed by atoms with E-state index in [1.807, 2.05) is 37.4 Å².